The zero-order chi connectivity index (χ0) is 11.2. The monoisotopic (exact) mass is 210 g/mol. The molecule has 1 aromatic heterocycles. The van der Waals surface area contributed by atoms with Crippen molar-refractivity contribution in [2.24, 2.45) is 0 Å². The highest BCUT2D eigenvalue weighted by Crippen LogP contribution is 2.06. The van der Waals surface area contributed by atoms with Gasteiger partial charge in [0.2, 0.25) is 6.33 Å². The molecule has 0 amide bonds. The molecule has 0 aliphatic heterocycles. The summed E-state index contributed by atoms with van der Waals surface area (Å²) in [5, 5.41) is 0. The van der Waals surface area contributed by atoms with Crippen molar-refractivity contribution >= 4 is 13.0 Å². The largest absolute Gasteiger partial charge is 0.673 e. The predicted molar refractivity (Wildman–Crippen MR) is 46.8 cm³/mol. The van der Waals surface area contributed by atoms with E-state index in [-0.39, 0.29) is 0 Å². The van der Waals surface area contributed by atoms with E-state index in [2.05, 4.69) is 18.5 Å². The number of aromatic amines is 1. The third-order valence-corrected chi connectivity index (χ3v) is 1.32. The highest BCUT2D eigenvalue weighted by molar-refractivity contribution is 6.50. The molecular formula is C7H11BF4N2. The van der Waals surface area contributed by atoms with Crippen molar-refractivity contribution in [3.05, 3.63) is 25.3 Å². The van der Waals surface area contributed by atoms with Gasteiger partial charge in [-0.1, -0.05) is 13.5 Å². The van der Waals surface area contributed by atoms with Gasteiger partial charge >= 0.3 is 7.25 Å². The van der Waals surface area contributed by atoms with Crippen LogP contribution in [-0.4, -0.2) is 11.8 Å². The number of imidazole rings is 1. The summed E-state index contributed by atoms with van der Waals surface area (Å²) in [4.78, 5) is 2.95. The molecule has 1 heterocycles. The Morgan fingerprint density at radius 2 is 1.93 bits per heavy atom. The molecule has 80 valence electrons. The van der Waals surface area contributed by atoms with Crippen molar-refractivity contribution in [2.75, 3.05) is 0 Å². The molecule has 0 radical (unpaired) electrons. The summed E-state index contributed by atoms with van der Waals surface area (Å²) in [6.07, 6.45) is 6.70. The van der Waals surface area contributed by atoms with Crippen LogP contribution in [-0.2, 0) is 0 Å². The zero-order valence-corrected chi connectivity index (χ0v) is 7.68. The van der Waals surface area contributed by atoms with E-state index in [1.807, 2.05) is 23.3 Å². The summed E-state index contributed by atoms with van der Waals surface area (Å²) < 4.78 is 41.0. The van der Waals surface area contributed by atoms with Crippen molar-refractivity contribution in [3.8, 4) is 0 Å². The summed E-state index contributed by atoms with van der Waals surface area (Å²) in [7, 11) is -6.00. The molecule has 0 saturated carbocycles. The smallest absolute Gasteiger partial charge is 0.418 e. The predicted octanol–water partition coefficient (Wildman–Crippen LogP) is 2.48. The highest BCUT2D eigenvalue weighted by Gasteiger charge is 2.20. The van der Waals surface area contributed by atoms with E-state index in [0.29, 0.717) is 0 Å². The lowest BCUT2D eigenvalue weighted by Crippen LogP contribution is -2.02. The fraction of sp³-hybridized carbons (Fsp3) is 0.286. The summed E-state index contributed by atoms with van der Waals surface area (Å²) in [5.74, 6) is 0. The molecule has 7 heteroatoms. The van der Waals surface area contributed by atoms with Crippen molar-refractivity contribution < 1.29 is 22.2 Å². The number of halogens is 4. The molecule has 0 aliphatic carbocycles. The number of H-pyrrole nitrogens is 1. The molecule has 0 spiro atoms. The van der Waals surface area contributed by atoms with Gasteiger partial charge in [-0.05, 0) is 0 Å². The Morgan fingerprint density at radius 1 is 1.43 bits per heavy atom. The fourth-order valence-corrected chi connectivity index (χ4v) is 0.669. The first-order valence-electron chi connectivity index (χ1n) is 3.94. The van der Waals surface area contributed by atoms with E-state index in [1.165, 1.54) is 0 Å². The fourth-order valence-electron chi connectivity index (χ4n) is 0.669. The van der Waals surface area contributed by atoms with E-state index >= 15 is 0 Å². The molecule has 1 aromatic rings. The van der Waals surface area contributed by atoms with Crippen LogP contribution in [0.1, 0.15) is 13.3 Å². The number of aromatic nitrogens is 2. The van der Waals surface area contributed by atoms with Crippen LogP contribution in [0.3, 0.4) is 0 Å². The minimum atomic E-state index is -6.00. The van der Waals surface area contributed by atoms with Gasteiger partial charge in [0.1, 0.15) is 18.1 Å². The Morgan fingerprint density at radius 3 is 2.21 bits per heavy atom. The molecule has 0 aliphatic rings. The minimum absolute atomic E-state index is 0.989. The van der Waals surface area contributed by atoms with E-state index in [4.69, 9.17) is 0 Å². The third-order valence-electron chi connectivity index (χ3n) is 1.32. The van der Waals surface area contributed by atoms with Crippen molar-refractivity contribution in [2.45, 2.75) is 13.3 Å². The van der Waals surface area contributed by atoms with Gasteiger partial charge in [0.15, 0.2) is 0 Å². The molecule has 0 saturated heterocycles. The lowest BCUT2D eigenvalue weighted by Gasteiger charge is -1.94. The van der Waals surface area contributed by atoms with E-state index in [0.717, 1.165) is 12.1 Å². The van der Waals surface area contributed by atoms with Gasteiger partial charge in [-0.25, -0.2) is 9.55 Å². The Balaban J connectivity index is 0.000000292. The van der Waals surface area contributed by atoms with Gasteiger partial charge in [-0.15, -0.1) is 0 Å². The number of allylic oxidation sites excluding steroid dienone is 1. The number of hydrogen-bond acceptors (Lipinski definition) is 0. The average Bonchev–Trinajstić information content (AvgIpc) is 2.51. The van der Waals surface area contributed by atoms with Gasteiger partial charge in [0, 0.05) is 6.42 Å². The first-order valence-corrected chi connectivity index (χ1v) is 3.94. The maximum atomic E-state index is 9.75. The quantitative estimate of drug-likeness (QED) is 0.527. The molecule has 2 nitrogen and oxygen atoms in total. The van der Waals surface area contributed by atoms with Crippen molar-refractivity contribution in [1.29, 1.82) is 0 Å². The Hall–Kier alpha value is -1.27. The summed E-state index contributed by atoms with van der Waals surface area (Å²) in [5.41, 5.74) is 1.11. The van der Waals surface area contributed by atoms with Crippen LogP contribution in [0.15, 0.2) is 25.3 Å². The maximum absolute atomic E-state index is 9.75. The van der Waals surface area contributed by atoms with Crippen LogP contribution in [0.2, 0.25) is 0 Å². The van der Waals surface area contributed by atoms with Gasteiger partial charge in [0.25, 0.3) is 0 Å². The van der Waals surface area contributed by atoms with Crippen LogP contribution in [0.25, 0.3) is 5.70 Å². The lowest BCUT2D eigenvalue weighted by molar-refractivity contribution is -0.376. The Kier molecular flexibility index (Phi) is 4.97. The number of nitrogens with one attached hydrogen (secondary N) is 1. The standard InChI is InChI=1S/C7H10N2.BF4/c1-3-7(2)9-5-4-8-6-9;2-1(3,4)5/h4-6H,2-3H2,1H3;/q;-1/p+1. The van der Waals surface area contributed by atoms with Crippen LogP contribution in [0.4, 0.5) is 17.3 Å². The summed E-state index contributed by atoms with van der Waals surface area (Å²) >= 11 is 0. The second-order valence-electron chi connectivity index (χ2n) is 2.43. The number of rotatable bonds is 2. The van der Waals surface area contributed by atoms with Gasteiger partial charge in [0.05, 0.1) is 0 Å². The third kappa shape index (κ3) is 7.39. The molecule has 0 fully saturated rings. The van der Waals surface area contributed by atoms with Crippen molar-refractivity contribution in [3.63, 3.8) is 0 Å². The SMILES string of the molecule is C=C(CC)n1cc[nH+]c1.F[B-](F)(F)F. The molecule has 1 rings (SSSR count). The van der Waals surface area contributed by atoms with Gasteiger partial charge < -0.3 is 17.3 Å². The van der Waals surface area contributed by atoms with Crippen LogP contribution in [0.5, 0.6) is 0 Å². The zero-order valence-electron chi connectivity index (χ0n) is 7.68. The molecule has 0 bridgehead atoms. The lowest BCUT2D eigenvalue weighted by atomic mass is 10.3. The minimum Gasteiger partial charge on any atom is -0.418 e. The van der Waals surface area contributed by atoms with Crippen LogP contribution in [0, 0.1) is 0 Å². The first kappa shape index (κ1) is 12.7. The molecular weight excluding hydrogens is 199 g/mol. The number of hydrogen-bond donors (Lipinski definition) is 0. The number of nitrogens with zero attached hydrogens (tertiary/aromatic N) is 1. The van der Waals surface area contributed by atoms with E-state index in [9.17, 15) is 17.3 Å². The van der Waals surface area contributed by atoms with Crippen LogP contribution >= 0.6 is 0 Å². The van der Waals surface area contributed by atoms with Gasteiger partial charge in [-0.3, -0.25) is 0 Å². The normalized spacial score (nSPS) is 10.4. The maximum Gasteiger partial charge on any atom is 0.673 e. The van der Waals surface area contributed by atoms with E-state index in [1.54, 1.807) is 0 Å². The molecule has 1 N–H and O–H groups in total. The van der Waals surface area contributed by atoms with Gasteiger partial charge in [-0.2, -0.15) is 0 Å². The second-order valence-corrected chi connectivity index (χ2v) is 2.43. The molecule has 0 aromatic carbocycles. The molecule has 0 atom stereocenters. The molecule has 14 heavy (non-hydrogen) atoms. The Bertz CT molecular complexity index is 262. The summed E-state index contributed by atoms with van der Waals surface area (Å²) in [6, 6.07) is 0. The Labute approximate surface area is 79.4 Å². The van der Waals surface area contributed by atoms with Crippen molar-refractivity contribution in [1.82, 2.24) is 4.57 Å². The van der Waals surface area contributed by atoms with Crippen LogP contribution < -0.4 is 4.98 Å². The summed E-state index contributed by atoms with van der Waals surface area (Å²) in [6.45, 7) is 5.94. The first-order chi connectivity index (χ1) is 6.34. The second kappa shape index (κ2) is 5.46. The highest BCUT2D eigenvalue weighted by atomic mass is 19.5. The molecule has 0 unspecified atom stereocenters. The topological polar surface area (TPSA) is 19.1 Å². The van der Waals surface area contributed by atoms with E-state index < -0.39 is 7.25 Å². The average molecular weight is 210 g/mol.